The molecule has 1 aromatic carbocycles. The smallest absolute Gasteiger partial charge is 0.0800 e. The second kappa shape index (κ2) is 6.05. The van der Waals surface area contributed by atoms with Crippen molar-refractivity contribution in [2.45, 2.75) is 53.2 Å². The van der Waals surface area contributed by atoms with Gasteiger partial charge in [-0.2, -0.15) is 0 Å². The van der Waals surface area contributed by atoms with E-state index >= 15 is 0 Å². The van der Waals surface area contributed by atoms with Crippen molar-refractivity contribution in [3.63, 3.8) is 0 Å². The van der Waals surface area contributed by atoms with Gasteiger partial charge in [-0.05, 0) is 44.2 Å². The van der Waals surface area contributed by atoms with Gasteiger partial charge in [0.05, 0.1) is 12.2 Å². The van der Waals surface area contributed by atoms with Gasteiger partial charge in [0.25, 0.3) is 0 Å². The Kier molecular flexibility index (Phi) is 5.01. The first-order chi connectivity index (χ1) is 7.49. The lowest BCUT2D eigenvalue weighted by atomic mass is 10.0. The Balaban J connectivity index is 2.63. The van der Waals surface area contributed by atoms with Crippen LogP contribution in [0.5, 0.6) is 0 Å². The highest BCUT2D eigenvalue weighted by molar-refractivity contribution is 5.24. The van der Waals surface area contributed by atoms with Crippen LogP contribution in [-0.4, -0.2) is 6.10 Å². The Morgan fingerprint density at radius 2 is 1.50 bits per heavy atom. The van der Waals surface area contributed by atoms with Crippen LogP contribution in [0.4, 0.5) is 0 Å². The van der Waals surface area contributed by atoms with Gasteiger partial charge in [0, 0.05) is 0 Å². The second-order valence-electron chi connectivity index (χ2n) is 5.17. The number of rotatable bonds is 5. The molecule has 0 heterocycles. The van der Waals surface area contributed by atoms with Crippen molar-refractivity contribution in [2.75, 3.05) is 0 Å². The summed E-state index contributed by atoms with van der Waals surface area (Å²) in [5, 5.41) is 0. The molecule has 1 rings (SSSR count). The van der Waals surface area contributed by atoms with E-state index in [9.17, 15) is 0 Å². The fourth-order valence-corrected chi connectivity index (χ4v) is 1.88. The zero-order valence-electron chi connectivity index (χ0n) is 11.2. The highest BCUT2D eigenvalue weighted by Gasteiger charge is 2.07. The van der Waals surface area contributed by atoms with Crippen LogP contribution in [0.1, 0.15) is 51.8 Å². The standard InChI is InChI=1S/C15H24O/c1-11(2)10-14-6-8-15(9-7-14)13(5)16-12(3)4/h6-9,11-13H,10H2,1-5H3. The van der Waals surface area contributed by atoms with Gasteiger partial charge in [0.2, 0.25) is 0 Å². The summed E-state index contributed by atoms with van der Waals surface area (Å²) in [6.07, 6.45) is 1.62. The largest absolute Gasteiger partial charge is 0.371 e. The molecular formula is C15H24O. The van der Waals surface area contributed by atoms with Gasteiger partial charge in [-0.15, -0.1) is 0 Å². The maximum absolute atomic E-state index is 5.76. The van der Waals surface area contributed by atoms with Crippen molar-refractivity contribution in [2.24, 2.45) is 5.92 Å². The lowest BCUT2D eigenvalue weighted by molar-refractivity contribution is 0.0178. The van der Waals surface area contributed by atoms with E-state index in [1.165, 1.54) is 11.1 Å². The van der Waals surface area contributed by atoms with Crippen LogP contribution < -0.4 is 0 Å². The monoisotopic (exact) mass is 220 g/mol. The molecule has 0 aliphatic carbocycles. The van der Waals surface area contributed by atoms with Crippen molar-refractivity contribution in [1.82, 2.24) is 0 Å². The third-order valence-corrected chi connectivity index (χ3v) is 2.57. The average Bonchev–Trinajstić information content (AvgIpc) is 2.16. The summed E-state index contributed by atoms with van der Waals surface area (Å²) in [5.74, 6) is 0.718. The summed E-state index contributed by atoms with van der Waals surface area (Å²) >= 11 is 0. The molecule has 0 radical (unpaired) electrons. The molecule has 0 bridgehead atoms. The Bertz CT molecular complexity index is 298. The average molecular weight is 220 g/mol. The van der Waals surface area contributed by atoms with Crippen LogP contribution in [0, 0.1) is 5.92 Å². The molecule has 0 spiro atoms. The summed E-state index contributed by atoms with van der Waals surface area (Å²) in [7, 11) is 0. The fourth-order valence-electron chi connectivity index (χ4n) is 1.88. The maximum Gasteiger partial charge on any atom is 0.0800 e. The lowest BCUT2D eigenvalue weighted by Gasteiger charge is -2.17. The van der Waals surface area contributed by atoms with E-state index in [2.05, 4.69) is 58.9 Å². The van der Waals surface area contributed by atoms with E-state index in [-0.39, 0.29) is 12.2 Å². The molecule has 1 unspecified atom stereocenters. The third kappa shape index (κ3) is 4.36. The molecule has 90 valence electrons. The summed E-state index contributed by atoms with van der Waals surface area (Å²) in [6, 6.07) is 8.81. The van der Waals surface area contributed by atoms with Crippen molar-refractivity contribution in [1.29, 1.82) is 0 Å². The highest BCUT2D eigenvalue weighted by Crippen LogP contribution is 2.19. The van der Waals surface area contributed by atoms with Crippen molar-refractivity contribution in [3.8, 4) is 0 Å². The molecule has 0 aliphatic rings. The zero-order valence-corrected chi connectivity index (χ0v) is 11.2. The Morgan fingerprint density at radius 3 is 1.94 bits per heavy atom. The van der Waals surface area contributed by atoms with Crippen molar-refractivity contribution in [3.05, 3.63) is 35.4 Å². The van der Waals surface area contributed by atoms with Gasteiger partial charge in [0.15, 0.2) is 0 Å². The van der Waals surface area contributed by atoms with Gasteiger partial charge >= 0.3 is 0 Å². The minimum atomic E-state index is 0.188. The molecule has 1 heteroatoms. The van der Waals surface area contributed by atoms with E-state index in [0.29, 0.717) is 0 Å². The van der Waals surface area contributed by atoms with Crippen LogP contribution in [0.3, 0.4) is 0 Å². The summed E-state index contributed by atoms with van der Waals surface area (Å²) in [5.41, 5.74) is 2.68. The van der Waals surface area contributed by atoms with Crippen molar-refractivity contribution >= 4 is 0 Å². The molecule has 0 saturated carbocycles. The molecule has 16 heavy (non-hydrogen) atoms. The first-order valence-electron chi connectivity index (χ1n) is 6.23. The second-order valence-corrected chi connectivity index (χ2v) is 5.17. The van der Waals surface area contributed by atoms with Gasteiger partial charge in [0.1, 0.15) is 0 Å². The third-order valence-electron chi connectivity index (χ3n) is 2.57. The van der Waals surface area contributed by atoms with Crippen LogP contribution in [0.25, 0.3) is 0 Å². The highest BCUT2D eigenvalue weighted by atomic mass is 16.5. The van der Waals surface area contributed by atoms with Crippen LogP contribution in [0.2, 0.25) is 0 Å². The molecule has 0 saturated heterocycles. The van der Waals surface area contributed by atoms with E-state index in [1.807, 2.05) is 0 Å². The van der Waals surface area contributed by atoms with Crippen LogP contribution >= 0.6 is 0 Å². The molecule has 1 atom stereocenters. The molecule has 0 N–H and O–H groups in total. The van der Waals surface area contributed by atoms with Gasteiger partial charge in [-0.3, -0.25) is 0 Å². The van der Waals surface area contributed by atoms with Crippen LogP contribution in [0.15, 0.2) is 24.3 Å². The van der Waals surface area contributed by atoms with E-state index in [1.54, 1.807) is 0 Å². The van der Waals surface area contributed by atoms with Crippen molar-refractivity contribution < 1.29 is 4.74 Å². The Morgan fingerprint density at radius 1 is 0.938 bits per heavy atom. The quantitative estimate of drug-likeness (QED) is 0.716. The summed E-state index contributed by atoms with van der Waals surface area (Å²) in [4.78, 5) is 0. The minimum Gasteiger partial charge on any atom is -0.371 e. The number of ether oxygens (including phenoxy) is 1. The maximum atomic E-state index is 5.76. The predicted octanol–water partition coefficient (Wildman–Crippen LogP) is 4.37. The zero-order chi connectivity index (χ0) is 12.1. The topological polar surface area (TPSA) is 9.23 Å². The van der Waals surface area contributed by atoms with Crippen LogP contribution in [-0.2, 0) is 11.2 Å². The normalized spacial score (nSPS) is 13.4. The molecule has 0 aliphatic heterocycles. The number of benzene rings is 1. The Labute approximate surface area is 99.8 Å². The fraction of sp³-hybridized carbons (Fsp3) is 0.600. The molecule has 0 aromatic heterocycles. The Hall–Kier alpha value is -0.820. The molecule has 0 fully saturated rings. The van der Waals surface area contributed by atoms with Gasteiger partial charge in [-0.25, -0.2) is 0 Å². The minimum absolute atomic E-state index is 0.188. The summed E-state index contributed by atoms with van der Waals surface area (Å²) < 4.78 is 5.76. The molecular weight excluding hydrogens is 196 g/mol. The predicted molar refractivity (Wildman–Crippen MR) is 69.6 cm³/mol. The number of hydrogen-bond donors (Lipinski definition) is 0. The van der Waals surface area contributed by atoms with E-state index in [4.69, 9.17) is 4.74 Å². The van der Waals surface area contributed by atoms with E-state index < -0.39 is 0 Å². The molecule has 1 aromatic rings. The first-order valence-corrected chi connectivity index (χ1v) is 6.23. The molecule has 0 amide bonds. The number of hydrogen-bond acceptors (Lipinski definition) is 1. The van der Waals surface area contributed by atoms with Gasteiger partial charge < -0.3 is 4.74 Å². The molecule has 1 nitrogen and oxygen atoms in total. The lowest BCUT2D eigenvalue weighted by Crippen LogP contribution is -2.07. The summed E-state index contributed by atoms with van der Waals surface area (Å²) in [6.45, 7) is 10.8. The SMILES string of the molecule is CC(C)Cc1ccc(C(C)OC(C)C)cc1. The first kappa shape index (κ1) is 13.2. The van der Waals surface area contributed by atoms with E-state index in [0.717, 1.165) is 12.3 Å². The van der Waals surface area contributed by atoms with Gasteiger partial charge in [-0.1, -0.05) is 38.1 Å².